The van der Waals surface area contributed by atoms with Crippen molar-refractivity contribution >= 4 is 11.8 Å². The summed E-state index contributed by atoms with van der Waals surface area (Å²) in [6.07, 6.45) is 3.43. The Labute approximate surface area is 143 Å². The number of aromatic hydroxyl groups is 1. The number of carbonyl (C=O) groups excluding carboxylic acids is 2. The van der Waals surface area contributed by atoms with E-state index in [4.69, 9.17) is 0 Å². The van der Waals surface area contributed by atoms with E-state index in [9.17, 15) is 14.7 Å². The van der Waals surface area contributed by atoms with Gasteiger partial charge in [-0.15, -0.1) is 0 Å². The number of rotatable bonds is 2. The molecule has 2 aliphatic heterocycles. The highest BCUT2D eigenvalue weighted by atomic mass is 16.3. The van der Waals surface area contributed by atoms with Gasteiger partial charge in [-0.3, -0.25) is 9.59 Å². The summed E-state index contributed by atoms with van der Waals surface area (Å²) in [5.41, 5.74) is 1.32. The van der Waals surface area contributed by atoms with Gasteiger partial charge in [-0.1, -0.05) is 6.07 Å². The predicted octanol–water partition coefficient (Wildman–Crippen LogP) is 2.57. The van der Waals surface area contributed by atoms with Crippen molar-refractivity contribution in [2.75, 3.05) is 26.2 Å². The van der Waals surface area contributed by atoms with Crippen molar-refractivity contribution in [3.05, 3.63) is 29.3 Å². The Morgan fingerprint density at radius 2 is 2.08 bits per heavy atom. The monoisotopic (exact) mass is 330 g/mol. The van der Waals surface area contributed by atoms with Gasteiger partial charge in [-0.2, -0.15) is 0 Å². The first-order valence-corrected chi connectivity index (χ1v) is 8.81. The van der Waals surface area contributed by atoms with Crippen LogP contribution >= 0.6 is 0 Å². The van der Waals surface area contributed by atoms with Crippen molar-refractivity contribution in [2.24, 2.45) is 5.41 Å². The normalized spacial score (nSPS) is 24.5. The Balaban J connectivity index is 1.78. The van der Waals surface area contributed by atoms with Gasteiger partial charge in [0.2, 0.25) is 5.91 Å². The van der Waals surface area contributed by atoms with E-state index in [1.165, 1.54) is 0 Å². The molecule has 2 aliphatic rings. The lowest BCUT2D eigenvalue weighted by molar-refractivity contribution is -0.138. The molecule has 2 heterocycles. The molecule has 1 aromatic carbocycles. The number of phenols is 1. The number of likely N-dealkylation sites (tertiary alicyclic amines) is 2. The van der Waals surface area contributed by atoms with Gasteiger partial charge in [0.05, 0.1) is 5.56 Å². The molecular formula is C19H26N2O3. The van der Waals surface area contributed by atoms with Crippen LogP contribution in [0.25, 0.3) is 0 Å². The molecule has 0 bridgehead atoms. The molecule has 0 radical (unpaired) electrons. The number of benzene rings is 1. The fourth-order valence-electron chi connectivity index (χ4n) is 4.10. The standard InChI is InChI=1S/C19H26N2O3/c1-3-20-12-19(9-7-17(20)23)8-4-10-21(13-19)18(24)15-6-5-14(2)11-16(15)22/h5-6,11,22H,3-4,7-10,12-13H2,1-2H3/t19-/m0/s1. The maximum Gasteiger partial charge on any atom is 0.257 e. The molecule has 1 atom stereocenters. The molecule has 1 aromatic rings. The van der Waals surface area contributed by atoms with Crippen molar-refractivity contribution < 1.29 is 14.7 Å². The summed E-state index contributed by atoms with van der Waals surface area (Å²) in [6, 6.07) is 5.19. The number of hydrogen-bond donors (Lipinski definition) is 1. The molecule has 0 aromatic heterocycles. The Morgan fingerprint density at radius 1 is 1.29 bits per heavy atom. The van der Waals surface area contributed by atoms with Gasteiger partial charge >= 0.3 is 0 Å². The molecule has 2 saturated heterocycles. The molecule has 2 fully saturated rings. The summed E-state index contributed by atoms with van der Waals surface area (Å²) < 4.78 is 0. The third-order valence-corrected chi connectivity index (χ3v) is 5.46. The maximum atomic E-state index is 12.9. The van der Waals surface area contributed by atoms with Gasteiger partial charge in [-0.05, 0) is 50.8 Å². The van der Waals surface area contributed by atoms with E-state index in [0.717, 1.165) is 37.9 Å². The molecular weight excluding hydrogens is 304 g/mol. The van der Waals surface area contributed by atoms with E-state index in [-0.39, 0.29) is 23.0 Å². The minimum atomic E-state index is -0.105. The third kappa shape index (κ3) is 3.12. The molecule has 0 saturated carbocycles. The van der Waals surface area contributed by atoms with Gasteiger partial charge in [0.25, 0.3) is 5.91 Å². The molecule has 24 heavy (non-hydrogen) atoms. The number of hydrogen-bond acceptors (Lipinski definition) is 3. The first-order chi connectivity index (χ1) is 11.4. The number of phenolic OH excluding ortho intramolecular Hbond substituents is 1. The van der Waals surface area contributed by atoms with Crippen molar-refractivity contribution in [1.82, 2.24) is 9.80 Å². The fraction of sp³-hybridized carbons (Fsp3) is 0.579. The van der Waals surface area contributed by atoms with E-state index in [2.05, 4.69) is 0 Å². The largest absolute Gasteiger partial charge is 0.507 e. The second kappa shape index (κ2) is 6.46. The topological polar surface area (TPSA) is 60.9 Å². The van der Waals surface area contributed by atoms with Gasteiger partial charge < -0.3 is 14.9 Å². The highest BCUT2D eigenvalue weighted by Gasteiger charge is 2.42. The van der Waals surface area contributed by atoms with Crippen LogP contribution in [0.2, 0.25) is 0 Å². The second-order valence-electron chi connectivity index (χ2n) is 7.26. The maximum absolute atomic E-state index is 12.9. The van der Waals surface area contributed by atoms with Gasteiger partial charge in [0.15, 0.2) is 0 Å². The van der Waals surface area contributed by atoms with Crippen LogP contribution in [0.3, 0.4) is 0 Å². The summed E-state index contributed by atoms with van der Waals surface area (Å²) in [7, 11) is 0. The second-order valence-corrected chi connectivity index (χ2v) is 7.26. The molecule has 0 aliphatic carbocycles. The number of amides is 2. The van der Waals surface area contributed by atoms with Crippen molar-refractivity contribution in [2.45, 2.75) is 39.5 Å². The van der Waals surface area contributed by atoms with Crippen LogP contribution in [0.15, 0.2) is 18.2 Å². The number of aryl methyl sites for hydroxylation is 1. The molecule has 1 spiro atoms. The SMILES string of the molecule is CCN1C[C@]2(CCCN(C(=O)c3ccc(C)cc3O)C2)CCC1=O. The smallest absolute Gasteiger partial charge is 0.257 e. The summed E-state index contributed by atoms with van der Waals surface area (Å²) in [5.74, 6) is 0.169. The minimum absolute atomic E-state index is 0.0120. The van der Waals surface area contributed by atoms with Crippen LogP contribution in [0.4, 0.5) is 0 Å². The van der Waals surface area contributed by atoms with Gasteiger partial charge in [-0.25, -0.2) is 0 Å². The Hall–Kier alpha value is -2.04. The van der Waals surface area contributed by atoms with Crippen molar-refractivity contribution in [3.8, 4) is 5.75 Å². The summed E-state index contributed by atoms with van der Waals surface area (Å²) >= 11 is 0. The highest BCUT2D eigenvalue weighted by Crippen LogP contribution is 2.39. The lowest BCUT2D eigenvalue weighted by Gasteiger charge is -2.48. The summed E-state index contributed by atoms with van der Waals surface area (Å²) in [5, 5.41) is 10.1. The Morgan fingerprint density at radius 3 is 2.79 bits per heavy atom. The minimum Gasteiger partial charge on any atom is -0.507 e. The van der Waals surface area contributed by atoms with Crippen molar-refractivity contribution in [1.29, 1.82) is 0 Å². The Kier molecular flexibility index (Phi) is 4.52. The zero-order chi connectivity index (χ0) is 17.3. The molecule has 5 heteroatoms. The molecule has 3 rings (SSSR count). The van der Waals surface area contributed by atoms with Crippen LogP contribution in [0.5, 0.6) is 5.75 Å². The molecule has 2 amide bonds. The molecule has 5 nitrogen and oxygen atoms in total. The lowest BCUT2D eigenvalue weighted by atomic mass is 9.73. The van der Waals surface area contributed by atoms with E-state index in [0.29, 0.717) is 25.1 Å². The zero-order valence-electron chi connectivity index (χ0n) is 14.5. The van der Waals surface area contributed by atoms with E-state index in [1.54, 1.807) is 12.1 Å². The highest BCUT2D eigenvalue weighted by molar-refractivity contribution is 5.97. The lowest BCUT2D eigenvalue weighted by Crippen LogP contribution is -2.55. The van der Waals surface area contributed by atoms with Crippen molar-refractivity contribution in [3.63, 3.8) is 0 Å². The number of nitrogens with zero attached hydrogens (tertiary/aromatic N) is 2. The average Bonchev–Trinajstić information content (AvgIpc) is 2.57. The van der Waals surface area contributed by atoms with Crippen LogP contribution in [-0.4, -0.2) is 52.9 Å². The first-order valence-electron chi connectivity index (χ1n) is 8.81. The van der Waals surface area contributed by atoms with E-state index >= 15 is 0 Å². The van der Waals surface area contributed by atoms with Crippen LogP contribution in [0.1, 0.15) is 48.5 Å². The van der Waals surface area contributed by atoms with Gasteiger partial charge in [0.1, 0.15) is 5.75 Å². The molecule has 0 unspecified atom stereocenters. The van der Waals surface area contributed by atoms with Crippen LogP contribution in [0, 0.1) is 12.3 Å². The molecule has 1 N–H and O–H groups in total. The average molecular weight is 330 g/mol. The zero-order valence-corrected chi connectivity index (χ0v) is 14.5. The predicted molar refractivity (Wildman–Crippen MR) is 91.9 cm³/mol. The van der Waals surface area contributed by atoms with Crippen LogP contribution in [-0.2, 0) is 4.79 Å². The van der Waals surface area contributed by atoms with E-state index in [1.807, 2.05) is 29.7 Å². The fourth-order valence-corrected chi connectivity index (χ4v) is 4.10. The quantitative estimate of drug-likeness (QED) is 0.906. The Bertz CT molecular complexity index is 658. The van der Waals surface area contributed by atoms with E-state index < -0.39 is 0 Å². The summed E-state index contributed by atoms with van der Waals surface area (Å²) in [4.78, 5) is 28.6. The number of piperidine rings is 2. The van der Waals surface area contributed by atoms with Gasteiger partial charge in [0, 0.05) is 38.0 Å². The first kappa shape index (κ1) is 16.8. The van der Waals surface area contributed by atoms with Crippen LogP contribution < -0.4 is 0 Å². The molecule has 130 valence electrons. The third-order valence-electron chi connectivity index (χ3n) is 5.46. The summed E-state index contributed by atoms with van der Waals surface area (Å²) in [6.45, 7) is 6.76. The number of carbonyl (C=O) groups is 2.